The van der Waals surface area contributed by atoms with Crippen molar-refractivity contribution in [1.29, 1.82) is 0 Å². The zero-order chi connectivity index (χ0) is 14.0. The number of thiophene rings is 1. The lowest BCUT2D eigenvalue weighted by Gasteiger charge is -2.17. The Labute approximate surface area is 117 Å². The smallest absolute Gasteiger partial charge is 0.240 e. The summed E-state index contributed by atoms with van der Waals surface area (Å²) in [5.74, 6) is 0.126. The number of allylic oxidation sites excluding steroid dienone is 2. The number of nitrogens with zero attached hydrogens (tertiary/aromatic N) is 1. The average Bonchev–Trinajstić information content (AvgIpc) is 2.74. The number of hydrazone groups is 1. The highest BCUT2D eigenvalue weighted by Gasteiger charge is 2.19. The normalized spacial score (nSPS) is 20.0. The molecule has 1 aromatic rings. The molecule has 0 radical (unpaired) electrons. The average molecular weight is 278 g/mol. The van der Waals surface area contributed by atoms with E-state index >= 15 is 0 Å². The maximum atomic E-state index is 11.2. The summed E-state index contributed by atoms with van der Waals surface area (Å²) in [7, 11) is 1.68. The number of rotatable bonds is 3. The van der Waals surface area contributed by atoms with E-state index in [9.17, 15) is 4.79 Å². The minimum atomic E-state index is -0.0220. The SMILES string of the molecule is COc1sc(C)cc1C(C)=CC1=NNC(=O)CC1C. The van der Waals surface area contributed by atoms with E-state index in [1.165, 1.54) is 4.88 Å². The van der Waals surface area contributed by atoms with Gasteiger partial charge in [0, 0.05) is 22.8 Å². The Hall–Kier alpha value is -1.62. The number of aryl methyl sites for hydroxylation is 1. The summed E-state index contributed by atoms with van der Waals surface area (Å²) in [4.78, 5) is 12.4. The van der Waals surface area contributed by atoms with E-state index in [0.29, 0.717) is 6.42 Å². The van der Waals surface area contributed by atoms with E-state index < -0.39 is 0 Å². The molecule has 1 aliphatic rings. The van der Waals surface area contributed by atoms with E-state index in [-0.39, 0.29) is 11.8 Å². The summed E-state index contributed by atoms with van der Waals surface area (Å²) >= 11 is 1.63. The van der Waals surface area contributed by atoms with E-state index in [4.69, 9.17) is 4.74 Å². The van der Waals surface area contributed by atoms with Crippen LogP contribution in [0.2, 0.25) is 0 Å². The number of hydrogen-bond donors (Lipinski definition) is 1. The Bertz CT molecular complexity index is 558. The summed E-state index contributed by atoms with van der Waals surface area (Å²) in [5.41, 5.74) is 5.63. The van der Waals surface area contributed by atoms with Gasteiger partial charge in [0.25, 0.3) is 0 Å². The first-order chi connectivity index (χ1) is 9.01. The van der Waals surface area contributed by atoms with E-state index in [0.717, 1.165) is 21.9 Å². The van der Waals surface area contributed by atoms with Crippen LogP contribution in [0.4, 0.5) is 0 Å². The van der Waals surface area contributed by atoms with Crippen LogP contribution in [0, 0.1) is 12.8 Å². The van der Waals surface area contributed by atoms with Crippen LogP contribution in [0.15, 0.2) is 17.2 Å². The molecule has 1 amide bonds. The third-order valence-corrected chi connectivity index (χ3v) is 4.11. The van der Waals surface area contributed by atoms with Gasteiger partial charge in [-0.05, 0) is 31.6 Å². The number of carbonyl (C=O) groups excluding carboxylic acids is 1. The highest BCUT2D eigenvalue weighted by atomic mass is 32.1. The first-order valence-corrected chi connectivity index (χ1v) is 7.02. The van der Waals surface area contributed by atoms with Gasteiger partial charge < -0.3 is 4.74 Å². The van der Waals surface area contributed by atoms with Crippen LogP contribution >= 0.6 is 11.3 Å². The Balaban J connectivity index is 2.30. The highest BCUT2D eigenvalue weighted by Crippen LogP contribution is 2.34. The lowest BCUT2D eigenvalue weighted by atomic mass is 9.97. The number of methoxy groups -OCH3 is 1. The second-order valence-electron chi connectivity index (χ2n) is 4.77. The van der Waals surface area contributed by atoms with Gasteiger partial charge in [0.05, 0.1) is 12.8 Å². The fraction of sp³-hybridized carbons (Fsp3) is 0.429. The first-order valence-electron chi connectivity index (χ1n) is 6.20. The van der Waals surface area contributed by atoms with Crippen LogP contribution in [0.5, 0.6) is 5.06 Å². The number of ether oxygens (including phenoxy) is 1. The Morgan fingerprint density at radius 3 is 3.00 bits per heavy atom. The molecule has 1 aliphatic heterocycles. The number of carbonyl (C=O) groups is 1. The molecule has 0 aromatic carbocycles. The standard InChI is InChI=1S/C14H18N2O2S/c1-8(11-7-10(3)19-14(11)18-4)5-12-9(2)6-13(17)16-15-12/h5,7,9H,6H2,1-4H3,(H,16,17). The summed E-state index contributed by atoms with van der Waals surface area (Å²) in [6.07, 6.45) is 2.51. The maximum absolute atomic E-state index is 11.2. The van der Waals surface area contributed by atoms with E-state index in [1.54, 1.807) is 18.4 Å². The molecule has 1 atom stereocenters. The summed E-state index contributed by atoms with van der Waals surface area (Å²) in [6, 6.07) is 2.11. The third kappa shape index (κ3) is 3.04. The fourth-order valence-corrected chi connectivity index (χ4v) is 2.94. The van der Waals surface area contributed by atoms with Crippen molar-refractivity contribution < 1.29 is 9.53 Å². The van der Waals surface area contributed by atoms with Crippen molar-refractivity contribution in [3.8, 4) is 5.06 Å². The lowest BCUT2D eigenvalue weighted by molar-refractivity contribution is -0.121. The van der Waals surface area contributed by atoms with Crippen molar-refractivity contribution in [2.24, 2.45) is 11.0 Å². The lowest BCUT2D eigenvalue weighted by Crippen LogP contribution is -2.30. The number of hydrogen-bond acceptors (Lipinski definition) is 4. The fourth-order valence-electron chi connectivity index (χ4n) is 2.06. The van der Waals surface area contributed by atoms with Gasteiger partial charge >= 0.3 is 0 Å². The molecule has 1 N–H and O–H groups in total. The Morgan fingerprint density at radius 1 is 1.63 bits per heavy atom. The number of amides is 1. The molecular formula is C14H18N2O2S. The molecule has 19 heavy (non-hydrogen) atoms. The predicted octanol–water partition coefficient (Wildman–Crippen LogP) is 2.98. The number of nitrogens with one attached hydrogen (secondary N) is 1. The quantitative estimate of drug-likeness (QED) is 0.924. The van der Waals surface area contributed by atoms with E-state index in [1.807, 2.05) is 19.9 Å². The van der Waals surface area contributed by atoms with E-state index in [2.05, 4.69) is 23.5 Å². The molecule has 0 saturated carbocycles. The molecule has 0 spiro atoms. The van der Waals surface area contributed by atoms with Gasteiger partial charge in [-0.15, -0.1) is 11.3 Å². The Kier molecular flexibility index (Phi) is 4.04. The molecule has 1 aromatic heterocycles. The van der Waals surface area contributed by atoms with Gasteiger partial charge in [-0.2, -0.15) is 5.10 Å². The summed E-state index contributed by atoms with van der Waals surface area (Å²) < 4.78 is 5.39. The van der Waals surface area contributed by atoms with Gasteiger partial charge in [-0.1, -0.05) is 6.92 Å². The van der Waals surface area contributed by atoms with Gasteiger partial charge in [0.2, 0.25) is 5.91 Å². The molecule has 5 heteroatoms. The molecule has 2 rings (SSSR count). The molecule has 2 heterocycles. The van der Waals surface area contributed by atoms with Crippen LogP contribution in [-0.4, -0.2) is 18.7 Å². The molecule has 102 valence electrons. The maximum Gasteiger partial charge on any atom is 0.240 e. The second-order valence-corrected chi connectivity index (χ2v) is 5.99. The van der Waals surface area contributed by atoms with Crippen molar-refractivity contribution in [2.75, 3.05) is 7.11 Å². The zero-order valence-corrected chi connectivity index (χ0v) is 12.4. The molecule has 0 fully saturated rings. The molecule has 4 nitrogen and oxygen atoms in total. The molecule has 1 unspecified atom stereocenters. The van der Waals surface area contributed by atoms with Gasteiger partial charge in [-0.25, -0.2) is 5.43 Å². The highest BCUT2D eigenvalue weighted by molar-refractivity contribution is 7.14. The monoisotopic (exact) mass is 278 g/mol. The van der Waals surface area contributed by atoms with Crippen LogP contribution in [0.25, 0.3) is 5.57 Å². The largest absolute Gasteiger partial charge is 0.487 e. The van der Waals surface area contributed by atoms with Crippen LogP contribution in [0.3, 0.4) is 0 Å². The third-order valence-electron chi connectivity index (χ3n) is 3.10. The summed E-state index contributed by atoms with van der Waals surface area (Å²) in [6.45, 7) is 6.11. The predicted molar refractivity (Wildman–Crippen MR) is 78.6 cm³/mol. The van der Waals surface area contributed by atoms with Gasteiger partial charge in [0.1, 0.15) is 0 Å². The van der Waals surface area contributed by atoms with Crippen LogP contribution < -0.4 is 10.2 Å². The minimum absolute atomic E-state index is 0.0220. The van der Waals surface area contributed by atoms with Crippen LogP contribution in [0.1, 0.15) is 30.7 Å². The van der Waals surface area contributed by atoms with Crippen molar-refractivity contribution in [2.45, 2.75) is 27.2 Å². The Morgan fingerprint density at radius 2 is 2.37 bits per heavy atom. The zero-order valence-electron chi connectivity index (χ0n) is 11.6. The van der Waals surface area contributed by atoms with Gasteiger partial charge in [0.15, 0.2) is 5.06 Å². The molecule has 0 saturated heterocycles. The van der Waals surface area contributed by atoms with Crippen molar-refractivity contribution in [1.82, 2.24) is 5.43 Å². The molecule has 0 aliphatic carbocycles. The topological polar surface area (TPSA) is 50.7 Å². The first kappa shape index (κ1) is 13.8. The van der Waals surface area contributed by atoms with Crippen LogP contribution in [-0.2, 0) is 4.79 Å². The van der Waals surface area contributed by atoms with Gasteiger partial charge in [-0.3, -0.25) is 4.79 Å². The summed E-state index contributed by atoms with van der Waals surface area (Å²) in [5, 5.41) is 5.04. The molecule has 0 bridgehead atoms. The van der Waals surface area contributed by atoms with Crippen molar-refractivity contribution in [3.63, 3.8) is 0 Å². The molecular weight excluding hydrogens is 260 g/mol. The van der Waals surface area contributed by atoms with Crippen molar-refractivity contribution in [3.05, 3.63) is 22.6 Å². The minimum Gasteiger partial charge on any atom is -0.487 e. The second kappa shape index (κ2) is 5.57. The van der Waals surface area contributed by atoms with Crippen molar-refractivity contribution >= 4 is 28.5 Å².